The normalized spacial score (nSPS) is 22.4. The molecule has 0 saturated carbocycles. The molecule has 1 aromatic rings. The third-order valence-electron chi connectivity index (χ3n) is 3.17. The fraction of sp³-hybridized carbons (Fsp3) is 0.636. The number of sulfone groups is 1. The highest BCUT2D eigenvalue weighted by molar-refractivity contribution is 7.92. The van der Waals surface area contributed by atoms with Gasteiger partial charge in [-0.1, -0.05) is 18.5 Å². The number of halogens is 1. The van der Waals surface area contributed by atoms with Crippen molar-refractivity contribution in [2.24, 2.45) is 0 Å². The lowest BCUT2D eigenvalue weighted by Crippen LogP contribution is -2.41. The summed E-state index contributed by atoms with van der Waals surface area (Å²) in [6.45, 7) is 2.19. The molecule has 0 N–H and O–H groups in total. The minimum absolute atomic E-state index is 0.0542. The first-order valence-corrected chi connectivity index (χ1v) is 10.7. The van der Waals surface area contributed by atoms with E-state index in [2.05, 4.69) is 0 Å². The Kier molecular flexibility index (Phi) is 4.80. The molecule has 1 fully saturated rings. The third-order valence-corrected chi connectivity index (χ3v) is 8.57. The van der Waals surface area contributed by atoms with Gasteiger partial charge in [0.1, 0.15) is 4.21 Å². The summed E-state index contributed by atoms with van der Waals surface area (Å²) in [5.41, 5.74) is 0. The first kappa shape index (κ1) is 16.2. The van der Waals surface area contributed by atoms with Gasteiger partial charge in [0.2, 0.25) is 0 Å². The number of sulfonamides is 1. The standard InChI is InChI=1S/C11H16ClNO4S3/c1-2-6-13(9-5-7-19(14,15)8-9)20(16,17)11-4-3-10(12)18-11/h3-4,9H,2,5-8H2,1H3/t9-/m1/s1. The van der Waals surface area contributed by atoms with Gasteiger partial charge in [-0.2, -0.15) is 4.31 Å². The summed E-state index contributed by atoms with van der Waals surface area (Å²) in [5, 5.41) is 0. The summed E-state index contributed by atoms with van der Waals surface area (Å²) < 4.78 is 50.3. The number of thiophene rings is 1. The Labute approximate surface area is 128 Å². The van der Waals surface area contributed by atoms with Crippen molar-refractivity contribution in [3.8, 4) is 0 Å². The predicted octanol–water partition coefficient (Wildman–Crippen LogP) is 1.99. The fourth-order valence-corrected chi connectivity index (χ4v) is 7.46. The van der Waals surface area contributed by atoms with E-state index in [1.165, 1.54) is 16.4 Å². The summed E-state index contributed by atoms with van der Waals surface area (Å²) in [6, 6.07) is 2.54. The molecule has 9 heteroatoms. The molecule has 1 aromatic heterocycles. The first-order valence-electron chi connectivity index (χ1n) is 6.24. The molecule has 1 atom stereocenters. The molecule has 2 rings (SSSR count). The van der Waals surface area contributed by atoms with Crippen LogP contribution in [0.25, 0.3) is 0 Å². The van der Waals surface area contributed by atoms with Gasteiger partial charge in [0, 0.05) is 12.6 Å². The topological polar surface area (TPSA) is 71.5 Å². The molecule has 0 bridgehead atoms. The van der Waals surface area contributed by atoms with Crippen LogP contribution < -0.4 is 0 Å². The monoisotopic (exact) mass is 357 g/mol. The average molecular weight is 358 g/mol. The van der Waals surface area contributed by atoms with Gasteiger partial charge in [0.15, 0.2) is 9.84 Å². The molecule has 1 saturated heterocycles. The summed E-state index contributed by atoms with van der Waals surface area (Å²) in [5.74, 6) is -0.0378. The van der Waals surface area contributed by atoms with E-state index in [4.69, 9.17) is 11.6 Å². The first-order chi connectivity index (χ1) is 9.26. The van der Waals surface area contributed by atoms with E-state index in [0.29, 0.717) is 23.7 Å². The maximum absolute atomic E-state index is 12.6. The zero-order valence-corrected chi connectivity index (χ0v) is 14.2. The molecule has 1 aliphatic rings. The summed E-state index contributed by atoms with van der Waals surface area (Å²) in [6.07, 6.45) is 0.996. The SMILES string of the molecule is CCCN([C@@H]1CCS(=O)(=O)C1)S(=O)(=O)c1ccc(Cl)s1. The quantitative estimate of drug-likeness (QED) is 0.807. The second kappa shape index (κ2) is 5.92. The van der Waals surface area contributed by atoms with Gasteiger partial charge in [0.25, 0.3) is 10.0 Å². The van der Waals surface area contributed by atoms with Crippen LogP contribution in [0, 0.1) is 0 Å². The fourth-order valence-electron chi connectivity index (χ4n) is 2.27. The van der Waals surface area contributed by atoms with Crippen LogP contribution in [-0.4, -0.2) is 45.2 Å². The number of hydrogen-bond acceptors (Lipinski definition) is 5. The molecule has 0 spiro atoms. The lowest BCUT2D eigenvalue weighted by atomic mass is 10.2. The van der Waals surface area contributed by atoms with Crippen LogP contribution in [0.1, 0.15) is 19.8 Å². The van der Waals surface area contributed by atoms with Crippen LogP contribution in [-0.2, 0) is 19.9 Å². The van der Waals surface area contributed by atoms with Crippen molar-refractivity contribution >= 4 is 42.8 Å². The molecule has 0 radical (unpaired) electrons. The van der Waals surface area contributed by atoms with Crippen LogP contribution in [0.3, 0.4) is 0 Å². The van der Waals surface area contributed by atoms with E-state index in [9.17, 15) is 16.8 Å². The molecule has 114 valence electrons. The smallest absolute Gasteiger partial charge is 0.229 e. The molecule has 2 heterocycles. The number of rotatable bonds is 5. The molecular formula is C11H16ClNO4S3. The molecule has 5 nitrogen and oxygen atoms in total. The zero-order valence-electron chi connectivity index (χ0n) is 11.0. The van der Waals surface area contributed by atoms with E-state index < -0.39 is 25.9 Å². The Morgan fingerprint density at radius 3 is 2.60 bits per heavy atom. The van der Waals surface area contributed by atoms with Gasteiger partial charge in [0.05, 0.1) is 15.8 Å². The Hall–Kier alpha value is -0.150. The maximum Gasteiger partial charge on any atom is 0.252 e. The number of nitrogens with zero attached hydrogens (tertiary/aromatic N) is 1. The van der Waals surface area contributed by atoms with Crippen molar-refractivity contribution in [2.45, 2.75) is 30.0 Å². The Morgan fingerprint density at radius 1 is 1.45 bits per heavy atom. The molecular weight excluding hydrogens is 342 g/mol. The number of hydrogen-bond donors (Lipinski definition) is 0. The summed E-state index contributed by atoms with van der Waals surface area (Å²) >= 11 is 6.79. The maximum atomic E-state index is 12.6. The lowest BCUT2D eigenvalue weighted by molar-refractivity contribution is 0.341. The van der Waals surface area contributed by atoms with Crippen molar-refractivity contribution in [1.29, 1.82) is 0 Å². The highest BCUT2D eigenvalue weighted by atomic mass is 35.5. The van der Waals surface area contributed by atoms with Crippen molar-refractivity contribution in [3.63, 3.8) is 0 Å². The highest BCUT2D eigenvalue weighted by Gasteiger charge is 2.38. The van der Waals surface area contributed by atoms with Crippen molar-refractivity contribution in [2.75, 3.05) is 18.1 Å². The minimum Gasteiger partial charge on any atom is -0.229 e. The van der Waals surface area contributed by atoms with E-state index in [1.54, 1.807) is 0 Å². The molecule has 0 aromatic carbocycles. The largest absolute Gasteiger partial charge is 0.252 e. The second-order valence-electron chi connectivity index (χ2n) is 4.73. The van der Waals surface area contributed by atoms with Gasteiger partial charge in [-0.25, -0.2) is 16.8 Å². The third kappa shape index (κ3) is 3.36. The Morgan fingerprint density at radius 2 is 2.15 bits per heavy atom. The van der Waals surface area contributed by atoms with Crippen LogP contribution in [0.5, 0.6) is 0 Å². The predicted molar refractivity (Wildman–Crippen MR) is 80.6 cm³/mol. The molecule has 1 aliphatic heterocycles. The van der Waals surface area contributed by atoms with Gasteiger partial charge in [-0.15, -0.1) is 11.3 Å². The van der Waals surface area contributed by atoms with E-state index in [-0.39, 0.29) is 15.7 Å². The summed E-state index contributed by atoms with van der Waals surface area (Å²) in [4.78, 5) is 0. The molecule has 20 heavy (non-hydrogen) atoms. The summed E-state index contributed by atoms with van der Waals surface area (Å²) in [7, 11) is -6.80. The van der Waals surface area contributed by atoms with E-state index >= 15 is 0 Å². The van der Waals surface area contributed by atoms with Gasteiger partial charge in [-0.05, 0) is 25.0 Å². The molecule has 0 amide bonds. The lowest BCUT2D eigenvalue weighted by Gasteiger charge is -2.26. The molecule has 0 unspecified atom stereocenters. The van der Waals surface area contributed by atoms with Crippen molar-refractivity contribution in [1.82, 2.24) is 4.31 Å². The van der Waals surface area contributed by atoms with Crippen LogP contribution in [0.15, 0.2) is 16.3 Å². The second-order valence-corrected chi connectivity index (χ2v) is 10.8. The van der Waals surface area contributed by atoms with Crippen LogP contribution in [0.4, 0.5) is 0 Å². The van der Waals surface area contributed by atoms with Crippen molar-refractivity contribution < 1.29 is 16.8 Å². The average Bonchev–Trinajstić information content (AvgIpc) is 2.92. The molecule has 0 aliphatic carbocycles. The van der Waals surface area contributed by atoms with Crippen LogP contribution >= 0.6 is 22.9 Å². The van der Waals surface area contributed by atoms with Gasteiger partial charge in [-0.3, -0.25) is 0 Å². The minimum atomic E-state index is -3.67. The van der Waals surface area contributed by atoms with E-state index in [1.807, 2.05) is 6.92 Å². The highest BCUT2D eigenvalue weighted by Crippen LogP contribution is 2.31. The van der Waals surface area contributed by atoms with Crippen molar-refractivity contribution in [3.05, 3.63) is 16.5 Å². The Bertz CT molecular complexity index is 680. The van der Waals surface area contributed by atoms with Crippen LogP contribution in [0.2, 0.25) is 4.34 Å². The van der Waals surface area contributed by atoms with E-state index in [0.717, 1.165) is 11.3 Å². The van der Waals surface area contributed by atoms with Gasteiger partial charge >= 0.3 is 0 Å². The zero-order chi connectivity index (χ0) is 15.0. The Balaban J connectivity index is 2.33. The van der Waals surface area contributed by atoms with Gasteiger partial charge < -0.3 is 0 Å².